The highest BCUT2D eigenvalue weighted by Gasteiger charge is 2.30. The number of hydrogen-bond acceptors (Lipinski definition) is 2. The van der Waals surface area contributed by atoms with Crippen LogP contribution in [0.1, 0.15) is 44.6 Å². The first-order chi connectivity index (χ1) is 9.97. The van der Waals surface area contributed by atoms with Crippen molar-refractivity contribution in [1.29, 1.82) is 0 Å². The molecule has 2 rings (SSSR count). The Balaban J connectivity index is 1.91. The molecule has 21 heavy (non-hydrogen) atoms. The van der Waals surface area contributed by atoms with Gasteiger partial charge in [-0.2, -0.15) is 0 Å². The minimum atomic E-state index is -0.819. The van der Waals surface area contributed by atoms with Gasteiger partial charge in [-0.05, 0) is 43.9 Å². The smallest absolute Gasteiger partial charge is 0.319 e. The van der Waals surface area contributed by atoms with Crippen LogP contribution in [0.15, 0.2) is 24.3 Å². The summed E-state index contributed by atoms with van der Waals surface area (Å²) >= 11 is 0. The summed E-state index contributed by atoms with van der Waals surface area (Å²) in [4.78, 5) is 22.6. The zero-order valence-electron chi connectivity index (χ0n) is 12.3. The van der Waals surface area contributed by atoms with E-state index >= 15 is 0 Å². The summed E-state index contributed by atoms with van der Waals surface area (Å²) in [7, 11) is 0. The molecule has 5 nitrogen and oxygen atoms in total. The Kier molecular flexibility index (Phi) is 4.83. The number of carboxylic acids is 1. The van der Waals surface area contributed by atoms with Crippen LogP contribution in [0.25, 0.3) is 0 Å². The van der Waals surface area contributed by atoms with Gasteiger partial charge in [-0.25, -0.2) is 4.79 Å². The van der Waals surface area contributed by atoms with Crippen molar-refractivity contribution >= 4 is 17.7 Å². The van der Waals surface area contributed by atoms with Crippen LogP contribution in [0.5, 0.6) is 0 Å². The van der Waals surface area contributed by atoms with Crippen molar-refractivity contribution < 1.29 is 14.7 Å². The number of hydrogen-bond donors (Lipinski definition) is 3. The third-order valence-electron chi connectivity index (χ3n) is 3.93. The lowest BCUT2D eigenvalue weighted by Gasteiger charge is -2.25. The number of aryl methyl sites for hydroxylation is 1. The number of rotatable bonds is 5. The molecule has 1 aliphatic rings. The van der Waals surface area contributed by atoms with Gasteiger partial charge in [0.05, 0.1) is 0 Å². The number of amides is 2. The second-order valence-corrected chi connectivity index (χ2v) is 5.94. The van der Waals surface area contributed by atoms with Gasteiger partial charge < -0.3 is 15.7 Å². The third kappa shape index (κ3) is 4.77. The van der Waals surface area contributed by atoms with Crippen molar-refractivity contribution in [1.82, 2.24) is 5.32 Å². The monoisotopic (exact) mass is 290 g/mol. The highest BCUT2D eigenvalue weighted by atomic mass is 16.4. The summed E-state index contributed by atoms with van der Waals surface area (Å²) in [5.74, 6) is -0.819. The first-order valence-electron chi connectivity index (χ1n) is 7.37. The lowest BCUT2D eigenvalue weighted by molar-refractivity contribution is -0.136. The third-order valence-corrected chi connectivity index (χ3v) is 3.93. The summed E-state index contributed by atoms with van der Waals surface area (Å²) in [6.45, 7) is 2.07. The van der Waals surface area contributed by atoms with Crippen molar-refractivity contribution in [2.75, 3.05) is 5.32 Å². The quantitative estimate of drug-likeness (QED) is 0.779. The van der Waals surface area contributed by atoms with Crippen LogP contribution in [0, 0.1) is 0 Å². The summed E-state index contributed by atoms with van der Waals surface area (Å²) in [6.07, 6.45) is 4.89. The fraction of sp³-hybridized carbons (Fsp3) is 0.500. The van der Waals surface area contributed by atoms with Crippen molar-refractivity contribution in [3.8, 4) is 0 Å². The topological polar surface area (TPSA) is 78.4 Å². The molecule has 1 aromatic rings. The second-order valence-electron chi connectivity index (χ2n) is 5.94. The Morgan fingerprint density at radius 1 is 1.29 bits per heavy atom. The van der Waals surface area contributed by atoms with Gasteiger partial charge in [-0.15, -0.1) is 0 Å². The van der Waals surface area contributed by atoms with Gasteiger partial charge in [0.25, 0.3) is 0 Å². The standard InChI is InChI=1S/C16H22N2O3/c1-16(9-2-3-10-16)18-15(21)17-13-6-4-5-12(11-13)7-8-14(19)20/h4-6,11H,2-3,7-10H2,1H3,(H,19,20)(H2,17,18,21). The van der Waals surface area contributed by atoms with Crippen molar-refractivity contribution in [3.63, 3.8) is 0 Å². The van der Waals surface area contributed by atoms with E-state index in [0.717, 1.165) is 31.2 Å². The summed E-state index contributed by atoms with van der Waals surface area (Å²) in [5.41, 5.74) is 1.49. The van der Waals surface area contributed by atoms with Crippen LogP contribution in [0.3, 0.4) is 0 Å². The van der Waals surface area contributed by atoms with Crippen LogP contribution < -0.4 is 10.6 Å². The molecule has 0 unspecified atom stereocenters. The van der Waals surface area contributed by atoms with Gasteiger partial charge in [-0.1, -0.05) is 25.0 Å². The molecule has 0 radical (unpaired) electrons. The summed E-state index contributed by atoms with van der Waals surface area (Å²) in [6, 6.07) is 7.11. The van der Waals surface area contributed by atoms with Crippen LogP contribution in [0.2, 0.25) is 0 Å². The number of carbonyl (C=O) groups is 2. The Morgan fingerprint density at radius 2 is 2.00 bits per heavy atom. The molecule has 2 amide bonds. The number of benzene rings is 1. The number of carbonyl (C=O) groups excluding carboxylic acids is 1. The number of urea groups is 1. The Bertz CT molecular complexity index is 522. The molecular formula is C16H22N2O3. The van der Waals surface area contributed by atoms with E-state index in [1.54, 1.807) is 6.07 Å². The minimum absolute atomic E-state index is 0.0910. The Labute approximate surface area is 124 Å². The normalized spacial score (nSPS) is 16.4. The lowest BCUT2D eigenvalue weighted by Crippen LogP contribution is -2.45. The zero-order valence-corrected chi connectivity index (χ0v) is 12.3. The average molecular weight is 290 g/mol. The zero-order chi connectivity index (χ0) is 15.3. The molecule has 5 heteroatoms. The van der Waals surface area contributed by atoms with Crippen LogP contribution in [-0.2, 0) is 11.2 Å². The van der Waals surface area contributed by atoms with Crippen LogP contribution in [0.4, 0.5) is 10.5 Å². The van der Waals surface area contributed by atoms with Gasteiger partial charge in [0.2, 0.25) is 0 Å². The number of nitrogens with one attached hydrogen (secondary N) is 2. The van der Waals surface area contributed by atoms with Crippen molar-refractivity contribution in [2.45, 2.75) is 51.0 Å². The molecule has 114 valence electrons. The van der Waals surface area contributed by atoms with Crippen molar-refractivity contribution in [3.05, 3.63) is 29.8 Å². The van der Waals surface area contributed by atoms with Crippen molar-refractivity contribution in [2.24, 2.45) is 0 Å². The molecule has 1 saturated carbocycles. The predicted molar refractivity (Wildman–Crippen MR) is 81.4 cm³/mol. The van der Waals surface area contributed by atoms with Gasteiger partial charge >= 0.3 is 12.0 Å². The number of carboxylic acid groups (broad SMARTS) is 1. The van der Waals surface area contributed by atoms with E-state index in [0.29, 0.717) is 12.1 Å². The molecule has 0 saturated heterocycles. The summed E-state index contributed by atoms with van der Waals surface area (Å²) < 4.78 is 0. The van der Waals surface area contributed by atoms with Gasteiger partial charge in [-0.3, -0.25) is 4.79 Å². The minimum Gasteiger partial charge on any atom is -0.481 e. The molecule has 0 atom stereocenters. The number of anilines is 1. The molecule has 0 spiro atoms. The second kappa shape index (κ2) is 6.61. The first-order valence-corrected chi connectivity index (χ1v) is 7.37. The lowest BCUT2D eigenvalue weighted by atomic mass is 10.0. The average Bonchev–Trinajstić information content (AvgIpc) is 2.83. The van der Waals surface area contributed by atoms with E-state index in [-0.39, 0.29) is 18.0 Å². The molecule has 0 aliphatic heterocycles. The Morgan fingerprint density at radius 3 is 2.67 bits per heavy atom. The van der Waals surface area contributed by atoms with E-state index in [4.69, 9.17) is 5.11 Å². The van der Waals surface area contributed by atoms with E-state index in [1.807, 2.05) is 18.2 Å². The van der Waals surface area contributed by atoms with Gasteiger partial charge in [0, 0.05) is 17.6 Å². The predicted octanol–water partition coefficient (Wildman–Crippen LogP) is 3.16. The number of aliphatic carboxylic acids is 1. The molecule has 1 aromatic carbocycles. The maximum Gasteiger partial charge on any atom is 0.319 e. The molecule has 0 aromatic heterocycles. The van der Waals surface area contributed by atoms with Gasteiger partial charge in [0.15, 0.2) is 0 Å². The maximum absolute atomic E-state index is 12.0. The van der Waals surface area contributed by atoms with E-state index in [2.05, 4.69) is 17.6 Å². The highest BCUT2D eigenvalue weighted by molar-refractivity contribution is 5.89. The molecule has 0 heterocycles. The SMILES string of the molecule is CC1(NC(=O)Nc2cccc(CCC(=O)O)c2)CCCC1. The largest absolute Gasteiger partial charge is 0.481 e. The van der Waals surface area contributed by atoms with E-state index in [9.17, 15) is 9.59 Å². The summed E-state index contributed by atoms with van der Waals surface area (Å²) in [5, 5.41) is 14.6. The van der Waals surface area contributed by atoms with Gasteiger partial charge in [0.1, 0.15) is 0 Å². The first kappa shape index (κ1) is 15.4. The van der Waals surface area contributed by atoms with Crippen LogP contribution in [-0.4, -0.2) is 22.6 Å². The Hall–Kier alpha value is -2.04. The fourth-order valence-electron chi connectivity index (χ4n) is 2.77. The molecular weight excluding hydrogens is 268 g/mol. The van der Waals surface area contributed by atoms with E-state index in [1.165, 1.54) is 0 Å². The molecule has 1 fully saturated rings. The highest BCUT2D eigenvalue weighted by Crippen LogP contribution is 2.28. The van der Waals surface area contributed by atoms with E-state index < -0.39 is 5.97 Å². The fourth-order valence-corrected chi connectivity index (χ4v) is 2.77. The molecule has 1 aliphatic carbocycles. The molecule has 3 N–H and O–H groups in total. The molecule has 0 bridgehead atoms. The maximum atomic E-state index is 12.0. The van der Waals surface area contributed by atoms with Crippen LogP contribution >= 0.6 is 0 Å².